The summed E-state index contributed by atoms with van der Waals surface area (Å²) in [7, 11) is 0. The molecule has 0 radical (unpaired) electrons. The first-order valence-corrected chi connectivity index (χ1v) is 6.61. The van der Waals surface area contributed by atoms with Gasteiger partial charge in [-0.1, -0.05) is 24.3 Å². The van der Waals surface area contributed by atoms with E-state index in [0.717, 1.165) is 0 Å². The number of aryl methyl sites for hydroxylation is 1. The van der Waals surface area contributed by atoms with Crippen LogP contribution in [0.1, 0.15) is 24.1 Å². The summed E-state index contributed by atoms with van der Waals surface area (Å²) < 4.78 is 1.74. The lowest BCUT2D eigenvalue weighted by molar-refractivity contribution is 0.143. The number of aliphatic hydroxyl groups is 1. The van der Waals surface area contributed by atoms with Crippen molar-refractivity contribution in [2.75, 3.05) is 6.54 Å². The van der Waals surface area contributed by atoms with Crippen molar-refractivity contribution >= 4 is 0 Å². The van der Waals surface area contributed by atoms with Crippen LogP contribution in [0.15, 0.2) is 42.7 Å². The van der Waals surface area contributed by atoms with Crippen LogP contribution >= 0.6 is 0 Å². The minimum Gasteiger partial charge on any atom is -0.390 e. The predicted octanol–water partition coefficient (Wildman–Crippen LogP) is 1.90. The van der Waals surface area contributed by atoms with E-state index in [1.54, 1.807) is 10.9 Å². The summed E-state index contributed by atoms with van der Waals surface area (Å²) >= 11 is 0. The van der Waals surface area contributed by atoms with Crippen LogP contribution in [0.4, 0.5) is 0 Å². The molecule has 2 rings (SSSR count). The van der Waals surface area contributed by atoms with Gasteiger partial charge in [-0.15, -0.1) is 0 Å². The van der Waals surface area contributed by atoms with Crippen LogP contribution in [0.3, 0.4) is 0 Å². The minimum atomic E-state index is -0.439. The van der Waals surface area contributed by atoms with Crippen LogP contribution < -0.4 is 5.32 Å². The smallest absolute Gasteiger partial charge is 0.0860 e. The number of benzene rings is 1. The number of hydrogen-bond donors (Lipinski definition) is 2. The van der Waals surface area contributed by atoms with Gasteiger partial charge in [0, 0.05) is 25.0 Å². The molecule has 1 aromatic carbocycles. The molecule has 0 amide bonds. The van der Waals surface area contributed by atoms with Gasteiger partial charge in [-0.25, -0.2) is 0 Å². The third kappa shape index (κ3) is 3.91. The first kappa shape index (κ1) is 13.8. The molecule has 1 heterocycles. The highest BCUT2D eigenvalue weighted by Crippen LogP contribution is 2.16. The zero-order valence-corrected chi connectivity index (χ0v) is 11.5. The van der Waals surface area contributed by atoms with E-state index in [0.29, 0.717) is 13.1 Å². The normalized spacial score (nSPS) is 14.3. The monoisotopic (exact) mass is 259 g/mol. The van der Waals surface area contributed by atoms with Gasteiger partial charge in [0.05, 0.1) is 12.6 Å². The van der Waals surface area contributed by atoms with E-state index < -0.39 is 6.10 Å². The molecule has 0 aliphatic rings. The average molecular weight is 259 g/mol. The van der Waals surface area contributed by atoms with Gasteiger partial charge in [0.15, 0.2) is 0 Å². The fourth-order valence-electron chi connectivity index (χ4n) is 2.18. The van der Waals surface area contributed by atoms with Crippen molar-refractivity contribution in [3.05, 3.63) is 53.9 Å². The van der Waals surface area contributed by atoms with Gasteiger partial charge < -0.3 is 10.4 Å². The molecule has 19 heavy (non-hydrogen) atoms. The molecule has 0 aliphatic carbocycles. The molecule has 0 spiro atoms. The highest BCUT2D eigenvalue weighted by molar-refractivity contribution is 5.28. The number of aromatic nitrogens is 2. The van der Waals surface area contributed by atoms with Gasteiger partial charge in [0.1, 0.15) is 0 Å². The van der Waals surface area contributed by atoms with Crippen molar-refractivity contribution in [2.45, 2.75) is 32.5 Å². The Balaban J connectivity index is 1.83. The quantitative estimate of drug-likeness (QED) is 0.833. The van der Waals surface area contributed by atoms with E-state index in [1.807, 2.05) is 24.4 Å². The van der Waals surface area contributed by atoms with E-state index in [4.69, 9.17) is 0 Å². The number of nitrogens with zero attached hydrogens (tertiary/aromatic N) is 2. The molecule has 2 N–H and O–H groups in total. The second kappa shape index (κ2) is 6.50. The number of rotatable bonds is 6. The van der Waals surface area contributed by atoms with E-state index in [2.05, 4.69) is 36.4 Å². The Morgan fingerprint density at radius 3 is 2.79 bits per heavy atom. The summed E-state index contributed by atoms with van der Waals surface area (Å²) in [6.45, 7) is 5.28. The Bertz CT molecular complexity index is 496. The van der Waals surface area contributed by atoms with E-state index in [1.165, 1.54) is 11.1 Å². The molecular weight excluding hydrogens is 238 g/mol. The van der Waals surface area contributed by atoms with E-state index in [-0.39, 0.29) is 6.04 Å². The van der Waals surface area contributed by atoms with Crippen LogP contribution in [0, 0.1) is 6.92 Å². The van der Waals surface area contributed by atoms with Gasteiger partial charge in [0.2, 0.25) is 0 Å². The topological polar surface area (TPSA) is 50.1 Å². The highest BCUT2D eigenvalue weighted by Gasteiger charge is 2.10. The molecule has 4 nitrogen and oxygen atoms in total. The standard InChI is InChI=1S/C15H21N3O/c1-12-6-3-4-7-15(12)13(2)16-10-14(19)11-18-9-5-8-17-18/h3-9,13-14,16,19H,10-11H2,1-2H3/t13-,14?/m0/s1. The first-order chi connectivity index (χ1) is 9.16. The second-order valence-corrected chi connectivity index (χ2v) is 4.87. The third-order valence-electron chi connectivity index (χ3n) is 3.27. The molecule has 2 atom stereocenters. The Morgan fingerprint density at radius 2 is 2.11 bits per heavy atom. The summed E-state index contributed by atoms with van der Waals surface area (Å²) in [5.74, 6) is 0. The summed E-state index contributed by atoms with van der Waals surface area (Å²) in [5.41, 5.74) is 2.54. The molecule has 0 bridgehead atoms. The molecule has 102 valence electrons. The Hall–Kier alpha value is -1.65. The number of aliphatic hydroxyl groups excluding tert-OH is 1. The summed E-state index contributed by atoms with van der Waals surface area (Å²) in [6, 6.07) is 10.4. The Morgan fingerprint density at radius 1 is 1.32 bits per heavy atom. The van der Waals surface area contributed by atoms with E-state index >= 15 is 0 Å². The summed E-state index contributed by atoms with van der Waals surface area (Å²) in [5, 5.41) is 17.4. The highest BCUT2D eigenvalue weighted by atomic mass is 16.3. The van der Waals surface area contributed by atoms with Crippen molar-refractivity contribution in [2.24, 2.45) is 0 Å². The maximum Gasteiger partial charge on any atom is 0.0860 e. The predicted molar refractivity (Wildman–Crippen MR) is 75.8 cm³/mol. The van der Waals surface area contributed by atoms with Gasteiger partial charge >= 0.3 is 0 Å². The van der Waals surface area contributed by atoms with Crippen LogP contribution in [0.5, 0.6) is 0 Å². The molecule has 4 heteroatoms. The largest absolute Gasteiger partial charge is 0.390 e. The Labute approximate surface area is 114 Å². The van der Waals surface area contributed by atoms with Crippen molar-refractivity contribution in [3.8, 4) is 0 Å². The van der Waals surface area contributed by atoms with Gasteiger partial charge in [-0.3, -0.25) is 4.68 Å². The van der Waals surface area contributed by atoms with Crippen LogP contribution in [0.2, 0.25) is 0 Å². The Kier molecular flexibility index (Phi) is 4.71. The molecule has 2 aromatic rings. The lowest BCUT2D eigenvalue weighted by atomic mass is 10.0. The molecule has 0 saturated heterocycles. The lowest BCUT2D eigenvalue weighted by Crippen LogP contribution is -2.32. The first-order valence-electron chi connectivity index (χ1n) is 6.61. The van der Waals surface area contributed by atoms with Crippen molar-refractivity contribution in [1.29, 1.82) is 0 Å². The van der Waals surface area contributed by atoms with Crippen molar-refractivity contribution in [3.63, 3.8) is 0 Å². The fraction of sp³-hybridized carbons (Fsp3) is 0.400. The zero-order chi connectivity index (χ0) is 13.7. The molecule has 0 fully saturated rings. The lowest BCUT2D eigenvalue weighted by Gasteiger charge is -2.19. The van der Waals surface area contributed by atoms with Crippen molar-refractivity contribution < 1.29 is 5.11 Å². The fourth-order valence-corrected chi connectivity index (χ4v) is 2.18. The van der Waals surface area contributed by atoms with Crippen LogP contribution in [-0.4, -0.2) is 27.5 Å². The molecule has 0 saturated carbocycles. The molecule has 0 aliphatic heterocycles. The van der Waals surface area contributed by atoms with Gasteiger partial charge in [-0.2, -0.15) is 5.10 Å². The molecular formula is C15H21N3O. The SMILES string of the molecule is Cc1ccccc1[C@H](C)NCC(O)Cn1cccn1. The average Bonchev–Trinajstić information content (AvgIpc) is 2.89. The van der Waals surface area contributed by atoms with E-state index in [9.17, 15) is 5.11 Å². The second-order valence-electron chi connectivity index (χ2n) is 4.87. The summed E-state index contributed by atoms with van der Waals surface area (Å²) in [6.07, 6.45) is 3.13. The summed E-state index contributed by atoms with van der Waals surface area (Å²) in [4.78, 5) is 0. The molecule has 1 aromatic heterocycles. The zero-order valence-electron chi connectivity index (χ0n) is 11.5. The number of nitrogens with one attached hydrogen (secondary N) is 1. The van der Waals surface area contributed by atoms with Gasteiger partial charge in [0.25, 0.3) is 0 Å². The van der Waals surface area contributed by atoms with Crippen molar-refractivity contribution in [1.82, 2.24) is 15.1 Å². The maximum absolute atomic E-state index is 9.96. The minimum absolute atomic E-state index is 0.230. The third-order valence-corrected chi connectivity index (χ3v) is 3.27. The van der Waals surface area contributed by atoms with Crippen LogP contribution in [-0.2, 0) is 6.54 Å². The maximum atomic E-state index is 9.96. The number of hydrogen-bond acceptors (Lipinski definition) is 3. The molecule has 1 unspecified atom stereocenters. The van der Waals surface area contributed by atoms with Gasteiger partial charge in [-0.05, 0) is 31.0 Å². The van der Waals surface area contributed by atoms with Crippen LogP contribution in [0.25, 0.3) is 0 Å².